The maximum atomic E-state index is 12.9. The number of benzene rings is 1. The van der Waals surface area contributed by atoms with E-state index in [0.717, 1.165) is 0 Å². The van der Waals surface area contributed by atoms with Gasteiger partial charge in [-0.25, -0.2) is 4.39 Å². The van der Waals surface area contributed by atoms with E-state index in [2.05, 4.69) is 15.8 Å². The van der Waals surface area contributed by atoms with Gasteiger partial charge in [-0.15, -0.1) is 0 Å². The molecule has 0 aliphatic carbocycles. The van der Waals surface area contributed by atoms with Gasteiger partial charge in [0.15, 0.2) is 5.76 Å². The highest BCUT2D eigenvalue weighted by Crippen LogP contribution is 2.20. The van der Waals surface area contributed by atoms with E-state index in [9.17, 15) is 14.0 Å². The molecule has 1 aliphatic heterocycles. The summed E-state index contributed by atoms with van der Waals surface area (Å²) in [5.74, 6) is -0.176. The molecule has 1 aromatic carbocycles. The van der Waals surface area contributed by atoms with Gasteiger partial charge in [0.05, 0.1) is 6.54 Å². The number of halogens is 1. The first-order valence-corrected chi connectivity index (χ1v) is 6.90. The second kappa shape index (κ2) is 5.97. The van der Waals surface area contributed by atoms with Crippen LogP contribution in [0, 0.1) is 5.82 Å². The van der Waals surface area contributed by atoms with Gasteiger partial charge < -0.3 is 15.2 Å². The first-order chi connectivity index (χ1) is 10.6. The van der Waals surface area contributed by atoms with Gasteiger partial charge in [0.25, 0.3) is 0 Å². The molecule has 3 rings (SSSR count). The molecule has 0 spiro atoms. The minimum atomic E-state index is -0.476. The maximum Gasteiger partial charge on any atom is 0.242 e. The average Bonchev–Trinajstić information content (AvgIpc) is 3.15. The monoisotopic (exact) mass is 303 g/mol. The molecule has 2 amide bonds. The average molecular weight is 303 g/mol. The van der Waals surface area contributed by atoms with Gasteiger partial charge in [0.2, 0.25) is 11.8 Å². The fraction of sp³-hybridized carbons (Fsp3) is 0.267. The van der Waals surface area contributed by atoms with E-state index in [4.69, 9.17) is 4.52 Å². The lowest BCUT2D eigenvalue weighted by Crippen LogP contribution is -2.41. The SMILES string of the molecule is O=C1CC[C@@H](C(=O)NCc2cc(-c3ccc(F)cc3)on2)N1. The van der Waals surface area contributed by atoms with Crippen molar-refractivity contribution in [2.45, 2.75) is 25.4 Å². The molecule has 1 aliphatic rings. The zero-order valence-electron chi connectivity index (χ0n) is 11.6. The molecule has 114 valence electrons. The summed E-state index contributed by atoms with van der Waals surface area (Å²) in [5, 5.41) is 9.15. The van der Waals surface area contributed by atoms with Crippen LogP contribution in [0.25, 0.3) is 11.3 Å². The molecule has 0 unspecified atom stereocenters. The Morgan fingerprint density at radius 2 is 2.18 bits per heavy atom. The van der Waals surface area contributed by atoms with E-state index in [1.807, 2.05) is 0 Å². The Bertz CT molecular complexity index is 696. The van der Waals surface area contributed by atoms with Gasteiger partial charge in [-0.2, -0.15) is 0 Å². The van der Waals surface area contributed by atoms with Crippen molar-refractivity contribution in [3.8, 4) is 11.3 Å². The first-order valence-electron chi connectivity index (χ1n) is 6.90. The Balaban J connectivity index is 1.59. The van der Waals surface area contributed by atoms with Gasteiger partial charge in [-0.05, 0) is 30.7 Å². The van der Waals surface area contributed by atoms with Crippen molar-refractivity contribution in [2.24, 2.45) is 0 Å². The van der Waals surface area contributed by atoms with E-state index < -0.39 is 6.04 Å². The van der Waals surface area contributed by atoms with Crippen LogP contribution in [0.4, 0.5) is 4.39 Å². The summed E-state index contributed by atoms with van der Waals surface area (Å²) < 4.78 is 18.0. The molecule has 1 fully saturated rings. The number of aromatic nitrogens is 1. The van der Waals surface area contributed by atoms with E-state index >= 15 is 0 Å². The highest BCUT2D eigenvalue weighted by atomic mass is 19.1. The lowest BCUT2D eigenvalue weighted by Gasteiger charge is -2.09. The van der Waals surface area contributed by atoms with Crippen LogP contribution >= 0.6 is 0 Å². The molecule has 2 N–H and O–H groups in total. The Hall–Kier alpha value is -2.70. The number of carbonyl (C=O) groups is 2. The molecule has 0 saturated carbocycles. The molecule has 1 aromatic heterocycles. The molecule has 0 bridgehead atoms. The van der Waals surface area contributed by atoms with Crippen molar-refractivity contribution >= 4 is 11.8 Å². The van der Waals surface area contributed by atoms with Gasteiger partial charge in [0.1, 0.15) is 17.6 Å². The third-order valence-electron chi connectivity index (χ3n) is 3.44. The van der Waals surface area contributed by atoms with Crippen LogP contribution < -0.4 is 10.6 Å². The summed E-state index contributed by atoms with van der Waals surface area (Å²) in [5.41, 5.74) is 1.26. The van der Waals surface area contributed by atoms with Gasteiger partial charge in [-0.1, -0.05) is 5.16 Å². The van der Waals surface area contributed by atoms with Crippen LogP contribution in [0.2, 0.25) is 0 Å². The molecule has 1 atom stereocenters. The number of carbonyl (C=O) groups excluding carboxylic acids is 2. The highest BCUT2D eigenvalue weighted by molar-refractivity contribution is 5.90. The van der Waals surface area contributed by atoms with Gasteiger partial charge in [0, 0.05) is 18.1 Å². The third kappa shape index (κ3) is 3.13. The summed E-state index contributed by atoms with van der Waals surface area (Å²) in [7, 11) is 0. The van der Waals surface area contributed by atoms with E-state index in [1.54, 1.807) is 18.2 Å². The number of rotatable bonds is 4. The van der Waals surface area contributed by atoms with Crippen LogP contribution in [-0.2, 0) is 16.1 Å². The number of hydrogen-bond acceptors (Lipinski definition) is 4. The van der Waals surface area contributed by atoms with Crippen LogP contribution in [-0.4, -0.2) is 23.0 Å². The molecule has 0 radical (unpaired) electrons. The molecule has 6 nitrogen and oxygen atoms in total. The molecular weight excluding hydrogens is 289 g/mol. The number of amides is 2. The Morgan fingerprint density at radius 1 is 1.41 bits per heavy atom. The second-order valence-corrected chi connectivity index (χ2v) is 5.07. The van der Waals surface area contributed by atoms with Crippen LogP contribution in [0.1, 0.15) is 18.5 Å². The predicted octanol–water partition coefficient (Wildman–Crippen LogP) is 1.38. The van der Waals surface area contributed by atoms with Crippen molar-refractivity contribution < 1.29 is 18.5 Å². The first kappa shape index (κ1) is 14.2. The minimum absolute atomic E-state index is 0.111. The maximum absolute atomic E-state index is 12.9. The number of hydrogen-bond donors (Lipinski definition) is 2. The van der Waals surface area contributed by atoms with Crippen molar-refractivity contribution in [1.82, 2.24) is 15.8 Å². The largest absolute Gasteiger partial charge is 0.356 e. The van der Waals surface area contributed by atoms with Gasteiger partial charge >= 0.3 is 0 Å². The number of nitrogens with one attached hydrogen (secondary N) is 2. The van der Waals surface area contributed by atoms with Crippen molar-refractivity contribution in [3.05, 3.63) is 41.8 Å². The summed E-state index contributed by atoms with van der Waals surface area (Å²) >= 11 is 0. The fourth-order valence-electron chi connectivity index (χ4n) is 2.26. The van der Waals surface area contributed by atoms with E-state index in [0.29, 0.717) is 29.9 Å². The fourth-order valence-corrected chi connectivity index (χ4v) is 2.26. The second-order valence-electron chi connectivity index (χ2n) is 5.07. The number of nitrogens with zero attached hydrogens (tertiary/aromatic N) is 1. The Labute approximate surface area is 125 Å². The lowest BCUT2D eigenvalue weighted by molar-refractivity contribution is -0.125. The van der Waals surface area contributed by atoms with Crippen LogP contribution in [0.3, 0.4) is 0 Å². The lowest BCUT2D eigenvalue weighted by atomic mass is 10.1. The Kier molecular flexibility index (Phi) is 3.86. The van der Waals surface area contributed by atoms with Gasteiger partial charge in [-0.3, -0.25) is 9.59 Å². The van der Waals surface area contributed by atoms with Crippen molar-refractivity contribution in [3.63, 3.8) is 0 Å². The quantitative estimate of drug-likeness (QED) is 0.893. The predicted molar refractivity (Wildman–Crippen MR) is 74.9 cm³/mol. The Morgan fingerprint density at radius 3 is 2.86 bits per heavy atom. The van der Waals surface area contributed by atoms with Crippen molar-refractivity contribution in [1.29, 1.82) is 0 Å². The van der Waals surface area contributed by atoms with E-state index in [1.165, 1.54) is 12.1 Å². The smallest absolute Gasteiger partial charge is 0.242 e. The molecule has 22 heavy (non-hydrogen) atoms. The zero-order chi connectivity index (χ0) is 15.5. The van der Waals surface area contributed by atoms with Crippen LogP contribution in [0.15, 0.2) is 34.9 Å². The summed E-state index contributed by atoms with van der Waals surface area (Å²) in [6.45, 7) is 0.204. The molecule has 1 saturated heterocycles. The summed E-state index contributed by atoms with van der Waals surface area (Å²) in [4.78, 5) is 22.9. The van der Waals surface area contributed by atoms with Crippen LogP contribution in [0.5, 0.6) is 0 Å². The highest BCUT2D eigenvalue weighted by Gasteiger charge is 2.26. The third-order valence-corrected chi connectivity index (χ3v) is 3.44. The van der Waals surface area contributed by atoms with Crippen molar-refractivity contribution in [2.75, 3.05) is 0 Å². The molecule has 2 heterocycles. The normalized spacial score (nSPS) is 17.3. The summed E-state index contributed by atoms with van der Waals surface area (Å²) in [6.07, 6.45) is 0.876. The topological polar surface area (TPSA) is 84.2 Å². The minimum Gasteiger partial charge on any atom is -0.356 e. The molecular formula is C15H14FN3O3. The zero-order valence-corrected chi connectivity index (χ0v) is 11.6. The molecule has 2 aromatic rings. The molecule has 7 heteroatoms. The van der Waals surface area contributed by atoms with E-state index in [-0.39, 0.29) is 24.2 Å². The summed E-state index contributed by atoms with van der Waals surface area (Å²) in [6, 6.07) is 7.06. The standard InChI is InChI=1S/C15H14FN3O3/c16-10-3-1-9(2-4-10)13-7-11(19-22-13)8-17-15(21)12-5-6-14(20)18-12/h1-4,7,12H,5-6,8H2,(H,17,21)(H,18,20)/t12-/m0/s1.